The Hall–Kier alpha value is -1.98. The number of rotatable bonds is 1. The number of hydrogen-bond donors (Lipinski definition) is 0. The van der Waals surface area contributed by atoms with Crippen LogP contribution in [-0.4, -0.2) is 19.5 Å². The average Bonchev–Trinajstić information content (AvgIpc) is 2.68. The molecule has 2 aromatic rings. The Morgan fingerprint density at radius 2 is 1.75 bits per heavy atom. The summed E-state index contributed by atoms with van der Waals surface area (Å²) in [6.07, 6.45) is 1.27. The molecule has 0 amide bonds. The molecule has 0 radical (unpaired) electrons. The maximum absolute atomic E-state index is 11.1. The Morgan fingerprint density at radius 3 is 2.20 bits per heavy atom. The first kappa shape index (κ1) is 14.4. The summed E-state index contributed by atoms with van der Waals surface area (Å²) in [5, 5.41) is 15.3. The van der Waals surface area contributed by atoms with Crippen LogP contribution in [0.1, 0.15) is 52.9 Å². The zero-order chi connectivity index (χ0) is 15.3. The smallest absolute Gasteiger partial charge is 0.258 e. The van der Waals surface area contributed by atoms with E-state index in [0.29, 0.717) is 5.65 Å². The predicted molar refractivity (Wildman–Crippen MR) is 77.0 cm³/mol. The van der Waals surface area contributed by atoms with Crippen LogP contribution in [0.4, 0.5) is 5.69 Å². The molecule has 0 aliphatic carbocycles. The van der Waals surface area contributed by atoms with Gasteiger partial charge >= 0.3 is 5.69 Å². The van der Waals surface area contributed by atoms with E-state index in [1.165, 1.54) is 6.20 Å². The lowest BCUT2D eigenvalue weighted by Crippen LogP contribution is -2.22. The standard InChI is InChI=1S/C14H20N4O2/c1-13(2,3)10-7-11(14(4,5)6)17-12(16-10)9(8-15-17)18(19)20/h7-8H,1-6H3. The van der Waals surface area contributed by atoms with Gasteiger partial charge in [0.1, 0.15) is 6.20 Å². The van der Waals surface area contributed by atoms with E-state index >= 15 is 0 Å². The van der Waals surface area contributed by atoms with Gasteiger partial charge in [0.25, 0.3) is 0 Å². The Morgan fingerprint density at radius 1 is 1.15 bits per heavy atom. The van der Waals surface area contributed by atoms with Gasteiger partial charge in [0, 0.05) is 10.8 Å². The summed E-state index contributed by atoms with van der Waals surface area (Å²) in [5.41, 5.74) is 1.65. The first-order chi connectivity index (χ1) is 9.01. The molecule has 0 spiro atoms. The van der Waals surface area contributed by atoms with Crippen molar-refractivity contribution in [2.24, 2.45) is 0 Å². The monoisotopic (exact) mass is 276 g/mol. The first-order valence-electron chi connectivity index (χ1n) is 6.56. The molecule has 0 saturated heterocycles. The third-order valence-electron chi connectivity index (χ3n) is 3.19. The Bertz CT molecular complexity index is 675. The van der Waals surface area contributed by atoms with Gasteiger partial charge < -0.3 is 0 Å². The van der Waals surface area contributed by atoms with Gasteiger partial charge in [0.2, 0.25) is 5.65 Å². The summed E-state index contributed by atoms with van der Waals surface area (Å²) >= 11 is 0. The van der Waals surface area contributed by atoms with Gasteiger partial charge in [-0.15, -0.1) is 0 Å². The molecule has 0 aliphatic rings. The van der Waals surface area contributed by atoms with Gasteiger partial charge in [-0.1, -0.05) is 41.5 Å². The van der Waals surface area contributed by atoms with Crippen LogP contribution in [0.3, 0.4) is 0 Å². The van der Waals surface area contributed by atoms with Crippen LogP contribution in [0, 0.1) is 10.1 Å². The molecule has 0 aliphatic heterocycles. The highest BCUT2D eigenvalue weighted by molar-refractivity contribution is 5.59. The van der Waals surface area contributed by atoms with E-state index in [9.17, 15) is 10.1 Å². The van der Waals surface area contributed by atoms with Gasteiger partial charge in [-0.3, -0.25) is 10.1 Å². The molecule has 0 bridgehead atoms. The molecule has 2 aromatic heterocycles. The zero-order valence-electron chi connectivity index (χ0n) is 12.8. The van der Waals surface area contributed by atoms with Crippen LogP contribution in [0.25, 0.3) is 5.65 Å². The second-order valence-corrected chi connectivity index (χ2v) is 7.05. The van der Waals surface area contributed by atoms with Gasteiger partial charge in [-0.25, -0.2) is 9.50 Å². The van der Waals surface area contributed by atoms with Crippen LogP contribution < -0.4 is 0 Å². The molecule has 0 N–H and O–H groups in total. The fourth-order valence-electron chi connectivity index (χ4n) is 2.00. The molecule has 0 atom stereocenters. The van der Waals surface area contributed by atoms with Crippen molar-refractivity contribution in [2.75, 3.05) is 0 Å². The van der Waals surface area contributed by atoms with E-state index in [1.54, 1.807) is 4.52 Å². The van der Waals surface area contributed by atoms with Crippen molar-refractivity contribution >= 4 is 11.3 Å². The topological polar surface area (TPSA) is 73.3 Å². The molecule has 2 heterocycles. The molecule has 2 rings (SSSR count). The average molecular weight is 276 g/mol. The van der Waals surface area contributed by atoms with Crippen molar-refractivity contribution in [3.8, 4) is 0 Å². The number of aromatic nitrogens is 3. The summed E-state index contributed by atoms with van der Waals surface area (Å²) in [7, 11) is 0. The van der Waals surface area contributed by atoms with Gasteiger partial charge in [0.15, 0.2) is 0 Å². The largest absolute Gasteiger partial charge is 0.333 e. The summed E-state index contributed by atoms with van der Waals surface area (Å²) in [4.78, 5) is 15.1. The molecule has 0 fully saturated rings. The zero-order valence-corrected chi connectivity index (χ0v) is 12.8. The first-order valence-corrected chi connectivity index (χ1v) is 6.56. The third-order valence-corrected chi connectivity index (χ3v) is 3.19. The van der Waals surface area contributed by atoms with Crippen molar-refractivity contribution < 1.29 is 4.92 Å². The highest BCUT2D eigenvalue weighted by Crippen LogP contribution is 2.30. The minimum Gasteiger partial charge on any atom is -0.258 e. The van der Waals surface area contributed by atoms with Crippen molar-refractivity contribution in [1.29, 1.82) is 0 Å². The molecule has 0 aromatic carbocycles. The number of hydrogen-bond acceptors (Lipinski definition) is 4. The lowest BCUT2D eigenvalue weighted by Gasteiger charge is -2.24. The van der Waals surface area contributed by atoms with E-state index in [2.05, 4.69) is 30.9 Å². The van der Waals surface area contributed by atoms with E-state index in [0.717, 1.165) is 11.4 Å². The summed E-state index contributed by atoms with van der Waals surface area (Å²) in [6.45, 7) is 12.3. The Balaban J connectivity index is 2.88. The van der Waals surface area contributed by atoms with Crippen LogP contribution in [0.2, 0.25) is 0 Å². The number of nitro groups is 1. The molecule has 6 nitrogen and oxygen atoms in total. The molecule has 0 unspecified atom stereocenters. The molecule has 0 saturated carbocycles. The highest BCUT2D eigenvalue weighted by Gasteiger charge is 2.27. The maximum Gasteiger partial charge on any atom is 0.333 e. The van der Waals surface area contributed by atoms with E-state index < -0.39 is 4.92 Å². The number of fused-ring (bicyclic) bond motifs is 1. The Kier molecular flexibility index (Phi) is 3.07. The van der Waals surface area contributed by atoms with Crippen LogP contribution in [-0.2, 0) is 10.8 Å². The lowest BCUT2D eigenvalue weighted by molar-refractivity contribution is -0.383. The second kappa shape index (κ2) is 4.26. The molecule has 108 valence electrons. The van der Waals surface area contributed by atoms with Crippen LogP contribution in [0.15, 0.2) is 12.3 Å². The summed E-state index contributed by atoms with van der Waals surface area (Å²) in [5.74, 6) is 0. The molecule has 20 heavy (non-hydrogen) atoms. The van der Waals surface area contributed by atoms with E-state index in [-0.39, 0.29) is 16.5 Å². The van der Waals surface area contributed by atoms with E-state index in [4.69, 9.17) is 0 Å². The third kappa shape index (κ3) is 2.37. The normalized spacial score (nSPS) is 12.9. The Labute approximate surface area is 118 Å². The van der Waals surface area contributed by atoms with Crippen molar-refractivity contribution in [3.63, 3.8) is 0 Å². The molecule has 6 heteroatoms. The molecular weight excluding hydrogens is 256 g/mol. The van der Waals surface area contributed by atoms with Gasteiger partial charge in [-0.2, -0.15) is 5.10 Å². The number of nitrogens with zero attached hydrogens (tertiary/aromatic N) is 4. The van der Waals surface area contributed by atoms with Crippen LogP contribution >= 0.6 is 0 Å². The maximum atomic E-state index is 11.1. The van der Waals surface area contributed by atoms with Crippen LogP contribution in [0.5, 0.6) is 0 Å². The SMILES string of the molecule is CC(C)(C)c1cc(C(C)(C)C)n2ncc([N+](=O)[O-])c2n1. The predicted octanol–water partition coefficient (Wildman–Crippen LogP) is 3.23. The fraction of sp³-hybridized carbons (Fsp3) is 0.571. The summed E-state index contributed by atoms with van der Waals surface area (Å²) in [6, 6.07) is 1.99. The van der Waals surface area contributed by atoms with Crippen molar-refractivity contribution in [3.05, 3.63) is 33.8 Å². The quantitative estimate of drug-likeness (QED) is 0.592. The minimum absolute atomic E-state index is 0.0541. The van der Waals surface area contributed by atoms with E-state index in [1.807, 2.05) is 26.8 Å². The second-order valence-electron chi connectivity index (χ2n) is 7.05. The van der Waals surface area contributed by atoms with Crippen molar-refractivity contribution in [2.45, 2.75) is 52.4 Å². The highest BCUT2D eigenvalue weighted by atomic mass is 16.6. The van der Waals surface area contributed by atoms with Gasteiger partial charge in [0.05, 0.1) is 16.3 Å². The minimum atomic E-state index is -0.436. The lowest BCUT2D eigenvalue weighted by atomic mass is 9.86. The summed E-state index contributed by atoms with van der Waals surface area (Å²) < 4.78 is 1.58. The van der Waals surface area contributed by atoms with Crippen molar-refractivity contribution in [1.82, 2.24) is 14.6 Å². The van der Waals surface area contributed by atoms with Gasteiger partial charge in [-0.05, 0) is 6.07 Å². The molecular formula is C14H20N4O2. The fourth-order valence-corrected chi connectivity index (χ4v) is 2.00.